The normalized spacial score (nSPS) is 15.8. The summed E-state index contributed by atoms with van der Waals surface area (Å²) in [5.74, 6) is -0.790. The maximum Gasteiger partial charge on any atom is 0.318 e. The predicted octanol–water partition coefficient (Wildman–Crippen LogP) is 3.98. The number of amides is 3. The Bertz CT molecular complexity index is 1030. The molecule has 0 aliphatic carbocycles. The Morgan fingerprint density at radius 2 is 1.87 bits per heavy atom. The average molecular weight is 425 g/mol. The van der Waals surface area contributed by atoms with Crippen LogP contribution in [0.4, 0.5) is 14.9 Å². The first-order valence-electron chi connectivity index (χ1n) is 9.59. The van der Waals surface area contributed by atoms with E-state index in [0.29, 0.717) is 23.8 Å². The molecular formula is C21H20FN5O2S. The molecule has 1 aliphatic rings. The first kappa shape index (κ1) is 20.0. The fraction of sp³-hybridized carbons (Fsp3) is 0.238. The lowest BCUT2D eigenvalue weighted by atomic mass is 10.2. The topological polar surface area (TPSA) is 87.2 Å². The summed E-state index contributed by atoms with van der Waals surface area (Å²) in [5, 5.41) is 14.6. The van der Waals surface area contributed by atoms with Crippen LogP contribution in [0.15, 0.2) is 54.6 Å². The van der Waals surface area contributed by atoms with Gasteiger partial charge < -0.3 is 15.5 Å². The van der Waals surface area contributed by atoms with Crippen molar-refractivity contribution >= 4 is 29.0 Å². The lowest BCUT2D eigenvalue weighted by molar-refractivity contribution is 0.102. The Morgan fingerprint density at radius 3 is 2.63 bits per heavy atom. The Hall–Kier alpha value is -3.33. The van der Waals surface area contributed by atoms with Crippen LogP contribution >= 0.6 is 11.3 Å². The number of aromatic nitrogens is 2. The molecule has 0 bridgehead atoms. The maximum atomic E-state index is 13.0. The average Bonchev–Trinajstić information content (AvgIpc) is 3.44. The van der Waals surface area contributed by atoms with Crippen molar-refractivity contribution in [3.05, 3.63) is 76.0 Å². The molecule has 2 aromatic carbocycles. The van der Waals surface area contributed by atoms with Gasteiger partial charge in [0.05, 0.1) is 6.04 Å². The molecule has 9 heteroatoms. The van der Waals surface area contributed by atoms with E-state index in [-0.39, 0.29) is 22.9 Å². The summed E-state index contributed by atoms with van der Waals surface area (Å²) in [6.45, 7) is 1.08. The molecule has 1 saturated heterocycles. The first-order chi connectivity index (χ1) is 14.6. The minimum atomic E-state index is -0.413. The molecule has 4 rings (SSSR count). The van der Waals surface area contributed by atoms with Gasteiger partial charge in [0.2, 0.25) is 5.01 Å². The van der Waals surface area contributed by atoms with E-state index in [1.54, 1.807) is 4.90 Å². The van der Waals surface area contributed by atoms with Crippen molar-refractivity contribution in [2.75, 3.05) is 11.9 Å². The lowest BCUT2D eigenvalue weighted by Crippen LogP contribution is -2.39. The van der Waals surface area contributed by atoms with Crippen LogP contribution in [-0.2, 0) is 6.54 Å². The van der Waals surface area contributed by atoms with E-state index in [1.807, 2.05) is 30.3 Å². The van der Waals surface area contributed by atoms with Gasteiger partial charge in [-0.3, -0.25) is 4.79 Å². The summed E-state index contributed by atoms with van der Waals surface area (Å²) >= 11 is 1.17. The number of nitrogens with zero attached hydrogens (tertiary/aromatic N) is 3. The summed E-state index contributed by atoms with van der Waals surface area (Å²) in [6, 6.07) is 14.8. The summed E-state index contributed by atoms with van der Waals surface area (Å²) in [7, 11) is 0. The first-order valence-corrected chi connectivity index (χ1v) is 10.4. The van der Waals surface area contributed by atoms with Gasteiger partial charge in [0, 0.05) is 18.8 Å². The Balaban J connectivity index is 1.39. The minimum absolute atomic E-state index is 0.158. The molecule has 1 aliphatic heterocycles. The second-order valence-corrected chi connectivity index (χ2v) is 7.91. The second kappa shape index (κ2) is 9.00. The summed E-state index contributed by atoms with van der Waals surface area (Å²) in [5.41, 5.74) is 1.50. The van der Waals surface area contributed by atoms with Crippen LogP contribution in [0.25, 0.3) is 0 Å². The van der Waals surface area contributed by atoms with Crippen LogP contribution in [-0.4, -0.2) is 33.6 Å². The number of hydrogen-bond donors (Lipinski definition) is 2. The van der Waals surface area contributed by atoms with E-state index in [4.69, 9.17) is 0 Å². The van der Waals surface area contributed by atoms with Crippen molar-refractivity contribution in [2.24, 2.45) is 0 Å². The number of hydrogen-bond acceptors (Lipinski definition) is 5. The van der Waals surface area contributed by atoms with Crippen molar-refractivity contribution < 1.29 is 14.0 Å². The molecule has 1 atom stereocenters. The van der Waals surface area contributed by atoms with Crippen LogP contribution in [0.5, 0.6) is 0 Å². The zero-order valence-electron chi connectivity index (χ0n) is 16.0. The number of benzene rings is 2. The molecular weight excluding hydrogens is 405 g/mol. The van der Waals surface area contributed by atoms with E-state index >= 15 is 0 Å². The largest absolute Gasteiger partial charge is 0.334 e. The Morgan fingerprint density at radius 1 is 1.10 bits per heavy atom. The summed E-state index contributed by atoms with van der Waals surface area (Å²) in [6.07, 6.45) is 1.63. The highest BCUT2D eigenvalue weighted by Gasteiger charge is 2.33. The lowest BCUT2D eigenvalue weighted by Gasteiger charge is -2.23. The highest BCUT2D eigenvalue weighted by Crippen LogP contribution is 2.33. The van der Waals surface area contributed by atoms with Gasteiger partial charge in [-0.15, -0.1) is 10.2 Å². The monoisotopic (exact) mass is 425 g/mol. The third kappa shape index (κ3) is 4.62. The molecule has 0 saturated carbocycles. The smallest absolute Gasteiger partial charge is 0.318 e. The van der Waals surface area contributed by atoms with Crippen molar-refractivity contribution in [3.63, 3.8) is 0 Å². The molecule has 0 radical (unpaired) electrons. The molecule has 30 heavy (non-hydrogen) atoms. The minimum Gasteiger partial charge on any atom is -0.334 e. The van der Waals surface area contributed by atoms with E-state index in [2.05, 4.69) is 20.8 Å². The standard InChI is InChI=1S/C21H20FN5O2S/c22-15-8-10-16(11-9-15)24-18(28)20-26-25-19(30-20)17-7-4-12-27(17)21(29)23-13-14-5-2-1-3-6-14/h1-3,5-6,8-11,17H,4,7,12-13H2,(H,23,29)(H,24,28)/t17-/m1/s1. The molecule has 1 aromatic heterocycles. The number of rotatable bonds is 5. The van der Waals surface area contributed by atoms with Gasteiger partial charge in [-0.1, -0.05) is 41.7 Å². The van der Waals surface area contributed by atoms with Crippen LogP contribution in [0, 0.1) is 5.82 Å². The van der Waals surface area contributed by atoms with Crippen LogP contribution < -0.4 is 10.6 Å². The molecule has 3 aromatic rings. The van der Waals surface area contributed by atoms with E-state index in [9.17, 15) is 14.0 Å². The van der Waals surface area contributed by atoms with Crippen molar-refractivity contribution in [1.82, 2.24) is 20.4 Å². The molecule has 154 valence electrons. The van der Waals surface area contributed by atoms with Gasteiger partial charge in [-0.25, -0.2) is 9.18 Å². The zero-order valence-corrected chi connectivity index (χ0v) is 16.9. The van der Waals surface area contributed by atoms with Crippen LogP contribution in [0.1, 0.15) is 39.3 Å². The number of nitrogens with one attached hydrogen (secondary N) is 2. The van der Waals surface area contributed by atoms with Gasteiger partial charge in [0.25, 0.3) is 5.91 Å². The Labute approximate surface area is 176 Å². The quantitative estimate of drug-likeness (QED) is 0.647. The fourth-order valence-electron chi connectivity index (χ4n) is 3.32. The third-order valence-electron chi connectivity index (χ3n) is 4.82. The van der Waals surface area contributed by atoms with Gasteiger partial charge >= 0.3 is 6.03 Å². The molecule has 2 N–H and O–H groups in total. The van der Waals surface area contributed by atoms with E-state index < -0.39 is 5.91 Å². The number of halogens is 1. The van der Waals surface area contributed by atoms with Gasteiger partial charge in [0.15, 0.2) is 0 Å². The highest BCUT2D eigenvalue weighted by molar-refractivity contribution is 7.13. The number of likely N-dealkylation sites (tertiary alicyclic amines) is 1. The number of anilines is 1. The molecule has 1 fully saturated rings. The maximum absolute atomic E-state index is 13.0. The SMILES string of the molecule is O=C(Nc1ccc(F)cc1)c1nnc([C@H]2CCCN2C(=O)NCc2ccccc2)s1. The molecule has 2 heterocycles. The predicted molar refractivity (Wildman–Crippen MR) is 112 cm³/mol. The summed E-state index contributed by atoms with van der Waals surface area (Å²) < 4.78 is 13.0. The van der Waals surface area contributed by atoms with E-state index in [0.717, 1.165) is 18.4 Å². The molecule has 0 spiro atoms. The second-order valence-electron chi connectivity index (χ2n) is 6.90. The molecule has 3 amide bonds. The van der Waals surface area contributed by atoms with Crippen molar-refractivity contribution in [1.29, 1.82) is 0 Å². The highest BCUT2D eigenvalue weighted by atomic mass is 32.1. The molecule has 7 nitrogen and oxygen atoms in total. The van der Waals surface area contributed by atoms with Gasteiger partial charge in [-0.05, 0) is 42.7 Å². The van der Waals surface area contributed by atoms with Crippen molar-refractivity contribution in [3.8, 4) is 0 Å². The third-order valence-corrected chi connectivity index (χ3v) is 5.85. The summed E-state index contributed by atoms with van der Waals surface area (Å²) in [4.78, 5) is 26.8. The van der Waals surface area contributed by atoms with Crippen LogP contribution in [0.2, 0.25) is 0 Å². The van der Waals surface area contributed by atoms with Crippen LogP contribution in [0.3, 0.4) is 0 Å². The number of carbonyl (C=O) groups is 2. The fourth-order valence-corrected chi connectivity index (χ4v) is 4.21. The molecule has 0 unspecified atom stereocenters. The Kier molecular flexibility index (Phi) is 5.99. The van der Waals surface area contributed by atoms with Crippen molar-refractivity contribution in [2.45, 2.75) is 25.4 Å². The zero-order chi connectivity index (χ0) is 20.9. The number of carbonyl (C=O) groups excluding carboxylic acids is 2. The number of urea groups is 1. The van der Waals surface area contributed by atoms with Gasteiger partial charge in [-0.2, -0.15) is 0 Å². The van der Waals surface area contributed by atoms with E-state index in [1.165, 1.54) is 35.6 Å². The van der Waals surface area contributed by atoms with Gasteiger partial charge in [0.1, 0.15) is 10.8 Å².